The summed E-state index contributed by atoms with van der Waals surface area (Å²) in [5, 5.41) is 2.01. The van der Waals surface area contributed by atoms with Crippen LogP contribution in [0, 0.1) is 0 Å². The first-order chi connectivity index (χ1) is 10.9. The quantitative estimate of drug-likeness (QED) is 0.943. The Morgan fingerprint density at radius 3 is 2.48 bits per heavy atom. The number of nitrogens with zero attached hydrogens (tertiary/aromatic N) is 1. The molecule has 0 radical (unpaired) electrons. The molecule has 1 aliphatic rings. The molecule has 1 N–H and O–H groups in total. The molecule has 1 fully saturated rings. The predicted molar refractivity (Wildman–Crippen MR) is 78.8 cm³/mol. The van der Waals surface area contributed by atoms with Gasteiger partial charge in [0.05, 0.1) is 7.11 Å². The summed E-state index contributed by atoms with van der Waals surface area (Å²) < 4.78 is 46.2. The van der Waals surface area contributed by atoms with Gasteiger partial charge >= 0.3 is 6.18 Å². The normalized spacial score (nSPS) is 17.3. The summed E-state index contributed by atoms with van der Waals surface area (Å²) >= 11 is 0. The number of amides is 1. The standard InChI is InChI=1S/C16H15F3N2O2/c1-23-13-7-3-4-10-11(13)5-2-6-12(10)15(16(17,18)19)21-9-8-14(22)20-21/h2-7,15H,8-9H2,1H3,(H,20,22)/t15-/m0/s1. The van der Waals surface area contributed by atoms with E-state index in [-0.39, 0.29) is 18.5 Å². The number of carbonyl (C=O) groups is 1. The van der Waals surface area contributed by atoms with Crippen LogP contribution in [0.3, 0.4) is 0 Å². The van der Waals surface area contributed by atoms with Gasteiger partial charge in [-0.15, -0.1) is 0 Å². The molecule has 1 heterocycles. The summed E-state index contributed by atoms with van der Waals surface area (Å²) in [6, 6.07) is 7.80. The number of rotatable bonds is 3. The van der Waals surface area contributed by atoms with Crippen LogP contribution in [0.15, 0.2) is 36.4 Å². The largest absolute Gasteiger partial charge is 0.496 e. The van der Waals surface area contributed by atoms with E-state index in [4.69, 9.17) is 4.74 Å². The third kappa shape index (κ3) is 2.84. The van der Waals surface area contributed by atoms with Crippen LogP contribution in [-0.2, 0) is 4.79 Å². The van der Waals surface area contributed by atoms with Crippen molar-refractivity contribution in [3.63, 3.8) is 0 Å². The van der Waals surface area contributed by atoms with Crippen LogP contribution in [0.2, 0.25) is 0 Å². The molecular weight excluding hydrogens is 309 g/mol. The van der Waals surface area contributed by atoms with Gasteiger partial charge in [0.25, 0.3) is 0 Å². The van der Waals surface area contributed by atoms with E-state index in [2.05, 4.69) is 5.43 Å². The molecule has 0 unspecified atom stereocenters. The minimum Gasteiger partial charge on any atom is -0.496 e. The van der Waals surface area contributed by atoms with E-state index in [0.29, 0.717) is 16.5 Å². The zero-order valence-electron chi connectivity index (χ0n) is 12.4. The van der Waals surface area contributed by atoms with Crippen molar-refractivity contribution in [2.24, 2.45) is 0 Å². The van der Waals surface area contributed by atoms with Crippen molar-refractivity contribution in [3.05, 3.63) is 42.0 Å². The topological polar surface area (TPSA) is 41.6 Å². The molecule has 3 rings (SSSR count). The molecule has 1 aliphatic heterocycles. The van der Waals surface area contributed by atoms with Crippen LogP contribution >= 0.6 is 0 Å². The van der Waals surface area contributed by atoms with Crippen LogP contribution in [0.4, 0.5) is 13.2 Å². The van der Waals surface area contributed by atoms with E-state index in [1.165, 1.54) is 13.2 Å². The Balaban J connectivity index is 2.17. The van der Waals surface area contributed by atoms with E-state index >= 15 is 0 Å². The first kappa shape index (κ1) is 15.6. The molecule has 23 heavy (non-hydrogen) atoms. The van der Waals surface area contributed by atoms with E-state index < -0.39 is 18.1 Å². The number of benzene rings is 2. The molecule has 0 aromatic heterocycles. The van der Waals surface area contributed by atoms with Crippen LogP contribution < -0.4 is 10.2 Å². The molecule has 2 aromatic rings. The van der Waals surface area contributed by atoms with Crippen LogP contribution in [0.5, 0.6) is 5.75 Å². The molecule has 1 atom stereocenters. The molecule has 0 saturated carbocycles. The minimum absolute atomic E-state index is 0.0172. The second kappa shape index (κ2) is 5.73. The van der Waals surface area contributed by atoms with Crippen molar-refractivity contribution in [3.8, 4) is 5.75 Å². The number of hydrazine groups is 1. The molecule has 7 heteroatoms. The molecule has 0 aliphatic carbocycles. The van der Waals surface area contributed by atoms with E-state index in [1.807, 2.05) is 0 Å². The van der Waals surface area contributed by atoms with Gasteiger partial charge in [-0.25, -0.2) is 5.01 Å². The highest BCUT2D eigenvalue weighted by Gasteiger charge is 2.47. The maximum absolute atomic E-state index is 13.7. The molecule has 2 aromatic carbocycles. The lowest BCUT2D eigenvalue weighted by atomic mass is 9.97. The summed E-state index contributed by atoms with van der Waals surface area (Å²) in [7, 11) is 1.48. The third-order valence-electron chi connectivity index (χ3n) is 3.90. The van der Waals surface area contributed by atoms with Crippen LogP contribution in [0.25, 0.3) is 10.8 Å². The Bertz CT molecular complexity index is 746. The van der Waals surface area contributed by atoms with Gasteiger partial charge in [0.15, 0.2) is 6.04 Å². The lowest BCUT2D eigenvalue weighted by Gasteiger charge is -2.30. The molecule has 1 saturated heterocycles. The summed E-state index contributed by atoms with van der Waals surface area (Å²) in [5.74, 6) is 0.104. The molecular formula is C16H15F3N2O2. The van der Waals surface area contributed by atoms with Crippen molar-refractivity contribution in [1.29, 1.82) is 0 Å². The lowest BCUT2D eigenvalue weighted by molar-refractivity contribution is -0.190. The van der Waals surface area contributed by atoms with Gasteiger partial charge in [0, 0.05) is 18.4 Å². The molecule has 0 bridgehead atoms. The summed E-state index contributed by atoms with van der Waals surface area (Å²) in [5.41, 5.74) is 2.39. The fourth-order valence-electron chi connectivity index (χ4n) is 2.93. The van der Waals surface area contributed by atoms with E-state index in [9.17, 15) is 18.0 Å². The number of alkyl halides is 3. The van der Waals surface area contributed by atoms with Crippen molar-refractivity contribution in [1.82, 2.24) is 10.4 Å². The smallest absolute Gasteiger partial charge is 0.409 e. The van der Waals surface area contributed by atoms with Crippen molar-refractivity contribution in [2.75, 3.05) is 13.7 Å². The summed E-state index contributed by atoms with van der Waals surface area (Å²) in [6.45, 7) is 0.0172. The zero-order valence-corrected chi connectivity index (χ0v) is 12.4. The second-order valence-corrected chi connectivity index (χ2v) is 5.33. The van der Waals surface area contributed by atoms with Gasteiger partial charge in [0.2, 0.25) is 5.91 Å². The lowest BCUT2D eigenvalue weighted by Crippen LogP contribution is -2.43. The highest BCUT2D eigenvalue weighted by atomic mass is 19.4. The minimum atomic E-state index is -4.52. The molecule has 122 valence electrons. The number of halogens is 3. The molecule has 0 spiro atoms. The summed E-state index contributed by atoms with van der Waals surface area (Å²) in [4.78, 5) is 11.3. The zero-order chi connectivity index (χ0) is 16.6. The van der Waals surface area contributed by atoms with Crippen molar-refractivity contribution < 1.29 is 22.7 Å². The Morgan fingerprint density at radius 1 is 1.17 bits per heavy atom. The van der Waals surface area contributed by atoms with Gasteiger partial charge in [0.1, 0.15) is 5.75 Å². The third-order valence-corrected chi connectivity index (χ3v) is 3.90. The SMILES string of the molecule is COc1cccc2c([C@H](N3CCC(=O)N3)C(F)(F)F)cccc12. The number of ether oxygens (including phenoxy) is 1. The monoisotopic (exact) mass is 324 g/mol. The first-order valence-corrected chi connectivity index (χ1v) is 7.10. The first-order valence-electron chi connectivity index (χ1n) is 7.10. The van der Waals surface area contributed by atoms with Crippen molar-refractivity contribution in [2.45, 2.75) is 18.6 Å². The molecule has 4 nitrogen and oxygen atoms in total. The van der Waals surface area contributed by atoms with Gasteiger partial charge in [-0.2, -0.15) is 13.2 Å². The number of fused-ring (bicyclic) bond motifs is 1. The van der Waals surface area contributed by atoms with Gasteiger partial charge in [-0.3, -0.25) is 10.2 Å². The van der Waals surface area contributed by atoms with E-state index in [0.717, 1.165) is 5.01 Å². The number of methoxy groups -OCH3 is 1. The van der Waals surface area contributed by atoms with Crippen LogP contribution in [-0.4, -0.2) is 30.7 Å². The Morgan fingerprint density at radius 2 is 1.87 bits per heavy atom. The fourth-order valence-corrected chi connectivity index (χ4v) is 2.93. The molecule has 1 amide bonds. The number of hydrogen-bond donors (Lipinski definition) is 1. The second-order valence-electron chi connectivity index (χ2n) is 5.33. The maximum Gasteiger partial charge on any atom is 0.409 e. The predicted octanol–water partition coefficient (Wildman–Crippen LogP) is 3.19. The van der Waals surface area contributed by atoms with Gasteiger partial charge in [-0.1, -0.05) is 30.3 Å². The Kier molecular flexibility index (Phi) is 3.89. The Labute approximate surface area is 130 Å². The highest BCUT2D eigenvalue weighted by Crippen LogP contribution is 2.41. The van der Waals surface area contributed by atoms with E-state index in [1.54, 1.807) is 30.3 Å². The van der Waals surface area contributed by atoms with Gasteiger partial charge < -0.3 is 4.74 Å². The number of nitrogens with one attached hydrogen (secondary N) is 1. The summed E-state index contributed by atoms with van der Waals surface area (Å²) in [6.07, 6.45) is -4.46. The number of hydrogen-bond acceptors (Lipinski definition) is 3. The van der Waals surface area contributed by atoms with Crippen LogP contribution in [0.1, 0.15) is 18.0 Å². The van der Waals surface area contributed by atoms with Crippen molar-refractivity contribution >= 4 is 16.7 Å². The number of carbonyl (C=O) groups excluding carboxylic acids is 1. The highest BCUT2D eigenvalue weighted by molar-refractivity contribution is 5.91. The van der Waals surface area contributed by atoms with Gasteiger partial charge in [-0.05, 0) is 17.0 Å². The fraction of sp³-hybridized carbons (Fsp3) is 0.312. The average Bonchev–Trinajstić information content (AvgIpc) is 2.91. The average molecular weight is 324 g/mol. The maximum atomic E-state index is 13.7. The Hall–Kier alpha value is -2.28.